The summed E-state index contributed by atoms with van der Waals surface area (Å²) in [6.07, 6.45) is 13.7. The second kappa shape index (κ2) is 27.3. The maximum absolute atomic E-state index is 15.1. The average Bonchev–Trinajstić information content (AvgIpc) is 3.79. The van der Waals surface area contributed by atoms with Crippen LogP contribution >= 0.6 is 11.3 Å². The van der Waals surface area contributed by atoms with Gasteiger partial charge < -0.3 is 24.3 Å². The first-order valence-electron chi connectivity index (χ1n) is 29.4. The van der Waals surface area contributed by atoms with Gasteiger partial charge in [0.15, 0.2) is 0 Å². The Labute approximate surface area is 460 Å². The first-order chi connectivity index (χ1) is 36.7. The molecule has 14 heteroatoms. The summed E-state index contributed by atoms with van der Waals surface area (Å²) in [5.74, 6) is 3.24. The highest BCUT2D eigenvalue weighted by Gasteiger charge is 2.43. The zero-order chi connectivity index (χ0) is 54.7. The molecule has 4 aromatic rings. The van der Waals surface area contributed by atoms with E-state index in [9.17, 15) is 9.59 Å². The molecule has 0 bridgehead atoms. The number of hydrogen-bond acceptors (Lipinski definition) is 11. The maximum Gasteiger partial charge on any atom is 0.293 e. The number of allylic oxidation sites excluding steroid dienone is 1. The second-order valence-corrected chi connectivity index (χ2v) is 24.1. The lowest BCUT2D eigenvalue weighted by Gasteiger charge is -2.38. The van der Waals surface area contributed by atoms with Crippen molar-refractivity contribution < 1.29 is 23.9 Å². The summed E-state index contributed by atoms with van der Waals surface area (Å²) in [4.78, 5) is 56.2. The van der Waals surface area contributed by atoms with E-state index in [4.69, 9.17) is 26.0 Å². The van der Waals surface area contributed by atoms with Gasteiger partial charge in [-0.3, -0.25) is 29.3 Å². The van der Waals surface area contributed by atoms with Gasteiger partial charge in [-0.05, 0) is 144 Å². The standard InChI is InChI=1S/C60H88N8O5S.C2H6/c1-11-39(4)54(44-22-23-44)40(5)41(6)65(12-2)34-43-26-30-66(35-43)56(45-19-14-15-20-45)58(70)64-50(59(71)68-29-17-16-28-62-68)32-53-63-51(36-74-53)46-24-25-52-48(31-46)49(33-60(8,9)37-73-38-69)57(67(52)13-3)47-21-18-27-61-55(47)42(7)72-10;1-2/h18,21,24-25,27,31,36,38-40,42-45,50,54,56,62H,6,11-17,19-20,22-23,26,28-30,32-35,37H2,1-5,7-10H3,(H,64,70);1-2H3. The minimum Gasteiger partial charge on any atom is -0.467 e. The Kier molecular flexibility index (Phi) is 21.2. The number of aryl methyl sites for hydroxylation is 1. The summed E-state index contributed by atoms with van der Waals surface area (Å²) in [7, 11) is 1.71. The van der Waals surface area contributed by atoms with E-state index < -0.39 is 6.04 Å². The third-order valence-corrected chi connectivity index (χ3v) is 18.3. The first-order valence-corrected chi connectivity index (χ1v) is 30.2. The van der Waals surface area contributed by atoms with Crippen LogP contribution in [0.15, 0.2) is 54.2 Å². The molecule has 2 amide bonds. The van der Waals surface area contributed by atoms with Crippen LogP contribution in [0.5, 0.6) is 0 Å². The predicted octanol–water partition coefficient (Wildman–Crippen LogP) is 11.9. The van der Waals surface area contributed by atoms with Gasteiger partial charge in [0.25, 0.3) is 12.4 Å². The predicted molar refractivity (Wildman–Crippen MR) is 309 cm³/mol. The molecule has 76 heavy (non-hydrogen) atoms. The summed E-state index contributed by atoms with van der Waals surface area (Å²) in [6.45, 7) is 33.2. The fraction of sp³-hybridized carbons (Fsp3) is 0.661. The van der Waals surface area contributed by atoms with Gasteiger partial charge in [-0.1, -0.05) is 80.4 Å². The zero-order valence-electron chi connectivity index (χ0n) is 48.3. The van der Waals surface area contributed by atoms with Crippen molar-refractivity contribution >= 4 is 40.5 Å². The van der Waals surface area contributed by atoms with Gasteiger partial charge in [0.2, 0.25) is 5.91 Å². The van der Waals surface area contributed by atoms with E-state index in [-0.39, 0.29) is 41.9 Å². The lowest BCUT2D eigenvalue weighted by atomic mass is 9.77. The van der Waals surface area contributed by atoms with Gasteiger partial charge in [0.1, 0.15) is 6.04 Å². The molecule has 4 aliphatic rings. The highest BCUT2D eigenvalue weighted by molar-refractivity contribution is 7.10. The normalized spacial score (nSPS) is 19.8. The van der Waals surface area contributed by atoms with Crippen molar-refractivity contribution in [3.8, 4) is 22.5 Å². The van der Waals surface area contributed by atoms with E-state index in [1.807, 2.05) is 33.0 Å². The smallest absolute Gasteiger partial charge is 0.293 e. The van der Waals surface area contributed by atoms with Gasteiger partial charge >= 0.3 is 0 Å². The number of carbonyl (C=O) groups excluding carboxylic acids is 3. The summed E-state index contributed by atoms with van der Waals surface area (Å²) in [5, 5.41) is 9.11. The third kappa shape index (κ3) is 13.8. The van der Waals surface area contributed by atoms with E-state index in [1.54, 1.807) is 12.1 Å². The van der Waals surface area contributed by atoms with Crippen LogP contribution in [-0.4, -0.2) is 113 Å². The van der Waals surface area contributed by atoms with Gasteiger partial charge in [-0.25, -0.2) is 10.4 Å². The average molecular weight is 1060 g/mol. The number of fused-ring (bicyclic) bond motifs is 1. The minimum atomic E-state index is -0.770. The highest BCUT2D eigenvalue weighted by atomic mass is 32.1. The van der Waals surface area contributed by atoms with Crippen molar-refractivity contribution in [3.63, 3.8) is 0 Å². The first kappa shape index (κ1) is 59.0. The number of rotatable bonds is 26. The fourth-order valence-electron chi connectivity index (χ4n) is 13.1. The SMILES string of the molecule is C=C(C(C)C(C(C)CC)C1CC1)N(CC)CC1CCN(C(C(=O)NC(Cc2nc(-c3ccc4c(c3)c(CC(C)(C)COC=O)c(-c3cccnc3C(C)OC)n4CC)cs2)C(=O)N2CCCCN2)C2CCCC2)C1.CC. The maximum atomic E-state index is 15.1. The Morgan fingerprint density at radius 2 is 1.78 bits per heavy atom. The van der Waals surface area contributed by atoms with Gasteiger partial charge in [0.05, 0.1) is 40.8 Å². The van der Waals surface area contributed by atoms with E-state index >= 15 is 4.79 Å². The van der Waals surface area contributed by atoms with Crippen LogP contribution in [0.1, 0.15) is 156 Å². The van der Waals surface area contributed by atoms with Gasteiger partial charge in [0, 0.05) is 97.5 Å². The van der Waals surface area contributed by atoms with E-state index in [0.29, 0.717) is 49.5 Å². The van der Waals surface area contributed by atoms with Crippen LogP contribution in [0.25, 0.3) is 33.4 Å². The molecular formula is C62H94N8O5S. The number of nitrogens with zero attached hydrogens (tertiary/aromatic N) is 6. The number of hydrazine groups is 1. The quantitative estimate of drug-likeness (QED) is 0.0585. The van der Waals surface area contributed by atoms with E-state index in [0.717, 1.165) is 140 Å². The molecule has 3 aromatic heterocycles. The molecule has 4 fully saturated rings. The molecule has 418 valence electrons. The molecule has 0 radical (unpaired) electrons. The molecule has 2 saturated heterocycles. The zero-order valence-corrected chi connectivity index (χ0v) is 49.1. The van der Waals surface area contributed by atoms with Gasteiger partial charge in [-0.2, -0.15) is 0 Å². The Balaban J connectivity index is 0.00000415. The van der Waals surface area contributed by atoms with Crippen LogP contribution in [-0.2, 0) is 43.2 Å². The highest BCUT2D eigenvalue weighted by Crippen LogP contribution is 2.48. The number of amides is 2. The number of hydrogen-bond donors (Lipinski definition) is 2. The number of ether oxygens (including phenoxy) is 2. The molecule has 1 aromatic carbocycles. The second-order valence-electron chi connectivity index (χ2n) is 23.1. The molecule has 7 atom stereocenters. The Hall–Kier alpha value is -4.63. The molecule has 2 aliphatic carbocycles. The summed E-state index contributed by atoms with van der Waals surface area (Å²) in [6, 6.07) is 9.60. The third-order valence-electron chi connectivity index (χ3n) is 17.4. The summed E-state index contributed by atoms with van der Waals surface area (Å²) in [5.41, 5.74) is 11.2. The van der Waals surface area contributed by atoms with Crippen molar-refractivity contribution in [2.45, 2.75) is 171 Å². The Morgan fingerprint density at radius 1 is 1.01 bits per heavy atom. The largest absolute Gasteiger partial charge is 0.467 e. The fourth-order valence-corrected chi connectivity index (χ4v) is 13.9. The molecule has 2 saturated carbocycles. The molecule has 2 aliphatic heterocycles. The van der Waals surface area contributed by atoms with Crippen LogP contribution < -0.4 is 10.7 Å². The van der Waals surface area contributed by atoms with Crippen molar-refractivity contribution in [1.82, 2.24) is 40.1 Å². The molecule has 7 unspecified atom stereocenters. The van der Waals surface area contributed by atoms with Crippen LogP contribution in [0.3, 0.4) is 0 Å². The van der Waals surface area contributed by atoms with E-state index in [2.05, 4.69) is 103 Å². The number of carbonyl (C=O) groups is 3. The molecule has 13 nitrogen and oxygen atoms in total. The number of thiazole rings is 1. The number of nitrogens with one attached hydrogen (secondary N) is 2. The van der Waals surface area contributed by atoms with Crippen LogP contribution in [0, 0.1) is 40.9 Å². The van der Waals surface area contributed by atoms with Crippen LogP contribution in [0.4, 0.5) is 0 Å². The Bertz CT molecular complexity index is 2540. The van der Waals surface area contributed by atoms with Crippen molar-refractivity contribution in [3.05, 3.63) is 70.4 Å². The number of aromatic nitrogens is 3. The molecule has 5 heterocycles. The summed E-state index contributed by atoms with van der Waals surface area (Å²) >= 11 is 1.54. The minimum absolute atomic E-state index is 0.0248. The number of methoxy groups -OCH3 is 1. The van der Waals surface area contributed by atoms with E-state index in [1.165, 1.54) is 36.3 Å². The van der Waals surface area contributed by atoms with Crippen molar-refractivity contribution in [2.24, 2.45) is 40.9 Å². The monoisotopic (exact) mass is 1060 g/mol. The molecule has 0 spiro atoms. The van der Waals surface area contributed by atoms with Crippen molar-refractivity contribution in [2.75, 3.05) is 53.0 Å². The number of benzene rings is 1. The van der Waals surface area contributed by atoms with Crippen molar-refractivity contribution in [1.29, 1.82) is 0 Å². The topological polar surface area (TPSA) is 134 Å². The van der Waals surface area contributed by atoms with Crippen LogP contribution in [0.2, 0.25) is 0 Å². The number of pyridine rings is 1. The lowest BCUT2D eigenvalue weighted by Crippen LogP contribution is -2.59. The lowest BCUT2D eigenvalue weighted by molar-refractivity contribution is -0.141. The van der Waals surface area contributed by atoms with Gasteiger partial charge in [-0.15, -0.1) is 11.3 Å². The Morgan fingerprint density at radius 3 is 2.43 bits per heavy atom. The summed E-state index contributed by atoms with van der Waals surface area (Å²) < 4.78 is 13.6. The molecule has 2 N–H and O–H groups in total. The molecule has 8 rings (SSSR count). The molecular weight excluding hydrogens is 969 g/mol. The number of likely N-dealkylation sites (tertiary alicyclic amines) is 1.